The molecule has 1 N–H and O–H groups in total. The molecule has 0 spiro atoms. The molecular weight excluding hydrogens is 275 g/mol. The van der Waals surface area contributed by atoms with Crippen molar-refractivity contribution in [1.82, 2.24) is 5.32 Å². The van der Waals surface area contributed by atoms with Crippen molar-refractivity contribution in [2.45, 2.75) is 19.8 Å². The SMILES string of the molecule is CCNCc1ccc(OCCOC(F)(F)F)c(OC)c1. The van der Waals surface area contributed by atoms with Gasteiger partial charge in [0.05, 0.1) is 13.7 Å². The van der Waals surface area contributed by atoms with Crippen LogP contribution < -0.4 is 14.8 Å². The summed E-state index contributed by atoms with van der Waals surface area (Å²) in [6.45, 7) is 2.75. The maximum Gasteiger partial charge on any atom is 0.522 e. The molecule has 0 aliphatic rings. The number of rotatable bonds is 8. The third-order valence-corrected chi connectivity index (χ3v) is 2.41. The van der Waals surface area contributed by atoms with Gasteiger partial charge >= 0.3 is 6.36 Å². The van der Waals surface area contributed by atoms with Crippen LogP contribution in [0.3, 0.4) is 0 Å². The molecule has 0 atom stereocenters. The van der Waals surface area contributed by atoms with Crippen molar-refractivity contribution < 1.29 is 27.4 Å². The number of nitrogens with one attached hydrogen (secondary N) is 1. The Bertz CT molecular complexity index is 410. The summed E-state index contributed by atoms with van der Waals surface area (Å²) in [5.74, 6) is 0.867. The Morgan fingerprint density at radius 2 is 1.90 bits per heavy atom. The van der Waals surface area contributed by atoms with E-state index in [-0.39, 0.29) is 6.61 Å². The van der Waals surface area contributed by atoms with E-state index < -0.39 is 13.0 Å². The molecule has 0 radical (unpaired) electrons. The number of ether oxygens (including phenoxy) is 3. The Morgan fingerprint density at radius 1 is 1.15 bits per heavy atom. The van der Waals surface area contributed by atoms with Gasteiger partial charge in [0.25, 0.3) is 0 Å². The van der Waals surface area contributed by atoms with Crippen molar-refractivity contribution in [3.05, 3.63) is 23.8 Å². The smallest absolute Gasteiger partial charge is 0.493 e. The van der Waals surface area contributed by atoms with Gasteiger partial charge in [-0.3, -0.25) is 4.74 Å². The average Bonchev–Trinajstić information content (AvgIpc) is 2.40. The molecule has 0 saturated heterocycles. The lowest BCUT2D eigenvalue weighted by Crippen LogP contribution is -2.18. The minimum Gasteiger partial charge on any atom is -0.493 e. The monoisotopic (exact) mass is 293 g/mol. The summed E-state index contributed by atoms with van der Waals surface area (Å²) in [6, 6.07) is 5.27. The van der Waals surface area contributed by atoms with Gasteiger partial charge in [-0.2, -0.15) is 0 Å². The summed E-state index contributed by atoms with van der Waals surface area (Å²) in [4.78, 5) is 0. The molecule has 1 aromatic rings. The number of halogens is 3. The first-order chi connectivity index (χ1) is 9.46. The maximum absolute atomic E-state index is 11.8. The van der Waals surface area contributed by atoms with Crippen molar-refractivity contribution in [2.75, 3.05) is 26.9 Å². The maximum atomic E-state index is 11.8. The molecular formula is C13H18F3NO3. The van der Waals surface area contributed by atoms with Gasteiger partial charge in [0.2, 0.25) is 0 Å². The third kappa shape index (κ3) is 6.12. The van der Waals surface area contributed by atoms with E-state index >= 15 is 0 Å². The number of alkyl halides is 3. The van der Waals surface area contributed by atoms with E-state index in [2.05, 4.69) is 10.1 Å². The molecule has 4 nitrogen and oxygen atoms in total. The van der Waals surface area contributed by atoms with Crippen LogP contribution in [0, 0.1) is 0 Å². The van der Waals surface area contributed by atoms with Gasteiger partial charge in [0.1, 0.15) is 6.61 Å². The van der Waals surface area contributed by atoms with Crippen LogP contribution in [0.5, 0.6) is 11.5 Å². The van der Waals surface area contributed by atoms with Gasteiger partial charge in [0.15, 0.2) is 11.5 Å². The summed E-state index contributed by atoms with van der Waals surface area (Å²) in [5, 5.41) is 3.16. The lowest BCUT2D eigenvalue weighted by atomic mass is 10.2. The van der Waals surface area contributed by atoms with Crippen LogP contribution in [0.1, 0.15) is 12.5 Å². The largest absolute Gasteiger partial charge is 0.522 e. The molecule has 0 bridgehead atoms. The Kier molecular flexibility index (Phi) is 6.60. The highest BCUT2D eigenvalue weighted by molar-refractivity contribution is 5.42. The standard InChI is InChI=1S/C13H18F3NO3/c1-3-17-9-10-4-5-11(12(8-10)18-2)19-6-7-20-13(14,15)16/h4-5,8,17H,3,6-7,9H2,1-2H3. The third-order valence-electron chi connectivity index (χ3n) is 2.41. The zero-order valence-corrected chi connectivity index (χ0v) is 11.4. The van der Waals surface area contributed by atoms with E-state index in [1.54, 1.807) is 12.1 Å². The van der Waals surface area contributed by atoms with Crippen molar-refractivity contribution in [3.63, 3.8) is 0 Å². The molecule has 1 aromatic carbocycles. The second-order valence-corrected chi connectivity index (χ2v) is 3.91. The number of hydrogen-bond acceptors (Lipinski definition) is 4. The molecule has 20 heavy (non-hydrogen) atoms. The second-order valence-electron chi connectivity index (χ2n) is 3.91. The molecule has 0 unspecified atom stereocenters. The molecule has 1 rings (SSSR count). The molecule has 0 amide bonds. The molecule has 7 heteroatoms. The summed E-state index contributed by atoms with van der Waals surface area (Å²) >= 11 is 0. The molecule has 0 fully saturated rings. The Morgan fingerprint density at radius 3 is 2.50 bits per heavy atom. The highest BCUT2D eigenvalue weighted by atomic mass is 19.4. The fourth-order valence-electron chi connectivity index (χ4n) is 1.52. The summed E-state index contributed by atoms with van der Waals surface area (Å²) in [6.07, 6.45) is -4.64. The molecule has 114 valence electrons. The van der Waals surface area contributed by atoms with Crippen LogP contribution in [-0.2, 0) is 11.3 Å². The predicted octanol–water partition coefficient (Wildman–Crippen LogP) is 2.72. The highest BCUT2D eigenvalue weighted by Crippen LogP contribution is 2.28. The fraction of sp³-hybridized carbons (Fsp3) is 0.538. The Labute approximate surface area is 115 Å². The molecule has 0 aliphatic heterocycles. The quantitative estimate of drug-likeness (QED) is 0.748. The van der Waals surface area contributed by atoms with Gasteiger partial charge in [-0.15, -0.1) is 13.2 Å². The van der Waals surface area contributed by atoms with E-state index in [0.717, 1.165) is 12.1 Å². The first kappa shape index (κ1) is 16.6. The minimum absolute atomic E-state index is 0.206. The minimum atomic E-state index is -4.64. The molecule has 0 aliphatic carbocycles. The van der Waals surface area contributed by atoms with Crippen LogP contribution in [0.4, 0.5) is 13.2 Å². The number of methoxy groups -OCH3 is 1. The van der Waals surface area contributed by atoms with Crippen LogP contribution in [0.15, 0.2) is 18.2 Å². The van der Waals surface area contributed by atoms with Gasteiger partial charge in [-0.25, -0.2) is 0 Å². The van der Waals surface area contributed by atoms with Gasteiger partial charge in [-0.05, 0) is 24.2 Å². The normalized spacial score (nSPS) is 11.4. The number of hydrogen-bond donors (Lipinski definition) is 1. The fourth-order valence-corrected chi connectivity index (χ4v) is 1.52. The predicted molar refractivity (Wildman–Crippen MR) is 67.9 cm³/mol. The van der Waals surface area contributed by atoms with E-state index in [1.807, 2.05) is 13.0 Å². The van der Waals surface area contributed by atoms with Crippen molar-refractivity contribution in [3.8, 4) is 11.5 Å². The Balaban J connectivity index is 2.52. The summed E-state index contributed by atoms with van der Waals surface area (Å²) in [7, 11) is 1.48. The highest BCUT2D eigenvalue weighted by Gasteiger charge is 2.28. The lowest BCUT2D eigenvalue weighted by molar-refractivity contribution is -0.325. The Hall–Kier alpha value is -1.47. The van der Waals surface area contributed by atoms with E-state index in [0.29, 0.717) is 18.0 Å². The van der Waals surface area contributed by atoms with Gasteiger partial charge in [-0.1, -0.05) is 13.0 Å². The van der Waals surface area contributed by atoms with E-state index in [4.69, 9.17) is 9.47 Å². The zero-order chi connectivity index (χ0) is 15.0. The molecule has 0 aromatic heterocycles. The molecule has 0 saturated carbocycles. The number of benzene rings is 1. The first-order valence-electron chi connectivity index (χ1n) is 6.17. The first-order valence-corrected chi connectivity index (χ1v) is 6.17. The lowest BCUT2D eigenvalue weighted by Gasteiger charge is -2.13. The van der Waals surface area contributed by atoms with Gasteiger partial charge in [0, 0.05) is 6.54 Å². The van der Waals surface area contributed by atoms with E-state index in [1.165, 1.54) is 7.11 Å². The average molecular weight is 293 g/mol. The summed E-state index contributed by atoms with van der Waals surface area (Å²) in [5.41, 5.74) is 1.00. The van der Waals surface area contributed by atoms with Crippen LogP contribution >= 0.6 is 0 Å². The summed E-state index contributed by atoms with van der Waals surface area (Å²) < 4.78 is 49.4. The van der Waals surface area contributed by atoms with E-state index in [9.17, 15) is 13.2 Å². The van der Waals surface area contributed by atoms with Crippen LogP contribution in [0.25, 0.3) is 0 Å². The van der Waals surface area contributed by atoms with Crippen LogP contribution in [-0.4, -0.2) is 33.2 Å². The molecule has 0 heterocycles. The van der Waals surface area contributed by atoms with Crippen molar-refractivity contribution >= 4 is 0 Å². The van der Waals surface area contributed by atoms with Crippen LogP contribution in [0.2, 0.25) is 0 Å². The zero-order valence-electron chi connectivity index (χ0n) is 11.4. The topological polar surface area (TPSA) is 39.7 Å². The van der Waals surface area contributed by atoms with Crippen molar-refractivity contribution in [2.24, 2.45) is 0 Å². The van der Waals surface area contributed by atoms with Crippen molar-refractivity contribution in [1.29, 1.82) is 0 Å². The second kappa shape index (κ2) is 7.96. The van der Waals surface area contributed by atoms with Gasteiger partial charge < -0.3 is 14.8 Å².